The molecule has 0 aliphatic carbocycles. The number of hydrogen-bond acceptors (Lipinski definition) is 4. The van der Waals surface area contributed by atoms with E-state index in [-0.39, 0.29) is 11.9 Å². The van der Waals surface area contributed by atoms with Crippen molar-refractivity contribution in [1.29, 1.82) is 0 Å². The van der Waals surface area contributed by atoms with Gasteiger partial charge in [0.1, 0.15) is 5.54 Å². The number of carbonyl (C=O) groups is 2. The van der Waals surface area contributed by atoms with Gasteiger partial charge in [0.05, 0.1) is 6.54 Å². The molecular weight excluding hydrogens is 418 g/mol. The van der Waals surface area contributed by atoms with Crippen molar-refractivity contribution in [1.82, 2.24) is 14.7 Å². The van der Waals surface area contributed by atoms with Gasteiger partial charge in [-0.25, -0.2) is 4.79 Å². The highest BCUT2D eigenvalue weighted by molar-refractivity contribution is 7.98. The van der Waals surface area contributed by atoms with Gasteiger partial charge in [0.15, 0.2) is 0 Å². The molecule has 0 saturated carbocycles. The second-order valence-corrected chi connectivity index (χ2v) is 9.83. The molecule has 1 spiro atoms. The minimum atomic E-state index is -0.712. The lowest BCUT2D eigenvalue weighted by molar-refractivity contribution is -0.136. The van der Waals surface area contributed by atoms with Crippen LogP contribution >= 0.6 is 11.8 Å². The van der Waals surface area contributed by atoms with Gasteiger partial charge in [-0.05, 0) is 43.6 Å². The van der Waals surface area contributed by atoms with Gasteiger partial charge in [-0.3, -0.25) is 14.6 Å². The number of rotatable bonds is 8. The standard InChI is InChI=1S/C26H33N3O2S/c1-21(20-32-2)27-17-14-26(15-18-27)24(30)28(19-23-11-7-4-8-12-23)25(31)29(26)16-13-22-9-5-3-6-10-22/h3-12,21H,13-20H2,1-2H3/t21-/m1/s1. The molecule has 0 N–H and O–H groups in total. The summed E-state index contributed by atoms with van der Waals surface area (Å²) < 4.78 is 0. The lowest BCUT2D eigenvalue weighted by Crippen LogP contribution is -2.58. The highest BCUT2D eigenvalue weighted by Crippen LogP contribution is 2.38. The number of piperidine rings is 1. The summed E-state index contributed by atoms with van der Waals surface area (Å²) in [5.74, 6) is 1.06. The molecule has 0 bridgehead atoms. The van der Waals surface area contributed by atoms with E-state index in [1.807, 2.05) is 65.2 Å². The van der Waals surface area contributed by atoms with Gasteiger partial charge in [-0.2, -0.15) is 11.8 Å². The summed E-state index contributed by atoms with van der Waals surface area (Å²) in [7, 11) is 0. The van der Waals surface area contributed by atoms with Gasteiger partial charge in [0, 0.05) is 31.4 Å². The lowest BCUT2D eigenvalue weighted by Gasteiger charge is -2.44. The Hall–Kier alpha value is -2.31. The van der Waals surface area contributed by atoms with Crippen molar-refractivity contribution >= 4 is 23.7 Å². The Morgan fingerprint density at radius 3 is 2.12 bits per heavy atom. The van der Waals surface area contributed by atoms with Crippen molar-refractivity contribution in [2.24, 2.45) is 0 Å². The van der Waals surface area contributed by atoms with Crippen molar-refractivity contribution in [2.45, 2.75) is 44.3 Å². The molecule has 0 radical (unpaired) electrons. The number of nitrogens with zero attached hydrogens (tertiary/aromatic N) is 3. The van der Waals surface area contributed by atoms with E-state index < -0.39 is 5.54 Å². The first-order valence-electron chi connectivity index (χ1n) is 11.5. The quantitative estimate of drug-likeness (QED) is 0.562. The first-order valence-corrected chi connectivity index (χ1v) is 12.9. The van der Waals surface area contributed by atoms with E-state index >= 15 is 0 Å². The molecule has 0 aromatic heterocycles. The maximum atomic E-state index is 13.8. The van der Waals surface area contributed by atoms with Crippen LogP contribution in [0.5, 0.6) is 0 Å². The van der Waals surface area contributed by atoms with Gasteiger partial charge >= 0.3 is 6.03 Å². The van der Waals surface area contributed by atoms with E-state index in [1.54, 1.807) is 0 Å². The number of amides is 3. The second kappa shape index (κ2) is 10.1. The molecular formula is C26H33N3O2S. The Bertz CT molecular complexity index is 913. The zero-order chi connectivity index (χ0) is 22.6. The first-order chi connectivity index (χ1) is 15.5. The van der Waals surface area contributed by atoms with Crippen LogP contribution < -0.4 is 0 Å². The van der Waals surface area contributed by atoms with Crippen molar-refractivity contribution < 1.29 is 9.59 Å². The fraction of sp³-hybridized carbons (Fsp3) is 0.462. The van der Waals surface area contributed by atoms with Crippen LogP contribution in [0.1, 0.15) is 30.9 Å². The van der Waals surface area contributed by atoms with E-state index in [9.17, 15) is 9.59 Å². The summed E-state index contributed by atoms with van der Waals surface area (Å²) in [5.41, 5.74) is 1.46. The fourth-order valence-corrected chi connectivity index (χ4v) is 5.74. The molecule has 2 heterocycles. The first kappa shape index (κ1) is 22.9. The number of imide groups is 1. The van der Waals surface area contributed by atoms with Gasteiger partial charge < -0.3 is 4.90 Å². The van der Waals surface area contributed by atoms with Crippen LogP contribution in [0.2, 0.25) is 0 Å². The lowest BCUT2D eigenvalue weighted by atomic mass is 9.85. The molecule has 2 aliphatic heterocycles. The molecule has 2 aromatic rings. The molecule has 4 rings (SSSR count). The molecule has 3 amide bonds. The molecule has 2 aliphatic rings. The van der Waals surface area contributed by atoms with Crippen molar-refractivity contribution in [3.63, 3.8) is 0 Å². The van der Waals surface area contributed by atoms with Crippen LogP contribution in [0.15, 0.2) is 60.7 Å². The SMILES string of the molecule is CSC[C@@H](C)N1CCC2(CC1)C(=O)N(Cc1ccccc1)C(=O)N2CCc1ccccc1. The smallest absolute Gasteiger partial charge is 0.309 e. The van der Waals surface area contributed by atoms with Crippen LogP contribution in [0.25, 0.3) is 0 Å². The van der Waals surface area contributed by atoms with Crippen LogP contribution in [0, 0.1) is 0 Å². The highest BCUT2D eigenvalue weighted by Gasteiger charge is 2.57. The molecule has 2 aromatic carbocycles. The third kappa shape index (κ3) is 4.57. The van der Waals surface area contributed by atoms with Gasteiger partial charge in [-0.1, -0.05) is 60.7 Å². The molecule has 2 saturated heterocycles. The largest absolute Gasteiger partial charge is 0.328 e. The van der Waals surface area contributed by atoms with Crippen molar-refractivity contribution in [2.75, 3.05) is 31.6 Å². The second-order valence-electron chi connectivity index (χ2n) is 8.92. The monoisotopic (exact) mass is 451 g/mol. The topological polar surface area (TPSA) is 43.9 Å². The van der Waals surface area contributed by atoms with E-state index in [0.29, 0.717) is 32.0 Å². The van der Waals surface area contributed by atoms with Gasteiger partial charge in [0.25, 0.3) is 5.91 Å². The average molecular weight is 452 g/mol. The Morgan fingerprint density at radius 1 is 0.938 bits per heavy atom. The summed E-state index contributed by atoms with van der Waals surface area (Å²) in [5, 5.41) is 0. The number of hydrogen-bond donors (Lipinski definition) is 0. The molecule has 5 nitrogen and oxygen atoms in total. The number of benzene rings is 2. The third-order valence-electron chi connectivity index (χ3n) is 6.93. The molecule has 0 unspecified atom stereocenters. The zero-order valence-electron chi connectivity index (χ0n) is 19.1. The number of urea groups is 1. The Kier molecular flexibility index (Phi) is 7.21. The molecule has 1 atom stereocenters. The minimum absolute atomic E-state index is 0.0171. The summed E-state index contributed by atoms with van der Waals surface area (Å²) >= 11 is 1.85. The highest BCUT2D eigenvalue weighted by atomic mass is 32.2. The zero-order valence-corrected chi connectivity index (χ0v) is 19.9. The Labute approximate surface area is 195 Å². The number of carbonyl (C=O) groups excluding carboxylic acids is 2. The van der Waals surface area contributed by atoms with E-state index in [0.717, 1.165) is 30.8 Å². The molecule has 2 fully saturated rings. The molecule has 32 heavy (non-hydrogen) atoms. The van der Waals surface area contributed by atoms with Crippen LogP contribution in [-0.4, -0.2) is 69.9 Å². The molecule has 170 valence electrons. The fourth-order valence-electron chi connectivity index (χ4n) is 5.05. The summed E-state index contributed by atoms with van der Waals surface area (Å²) in [6, 6.07) is 20.4. The third-order valence-corrected chi connectivity index (χ3v) is 7.74. The summed E-state index contributed by atoms with van der Waals surface area (Å²) in [6.07, 6.45) is 4.30. The maximum absolute atomic E-state index is 13.8. The Balaban J connectivity index is 1.56. The van der Waals surface area contributed by atoms with Gasteiger partial charge in [-0.15, -0.1) is 0 Å². The predicted molar refractivity (Wildman–Crippen MR) is 131 cm³/mol. The number of likely N-dealkylation sites (tertiary alicyclic amines) is 1. The van der Waals surface area contributed by atoms with Gasteiger partial charge in [0.2, 0.25) is 0 Å². The minimum Gasteiger partial charge on any atom is -0.309 e. The average Bonchev–Trinajstić information content (AvgIpc) is 3.01. The van der Waals surface area contributed by atoms with E-state index in [2.05, 4.69) is 30.2 Å². The molecule has 6 heteroatoms. The van der Waals surface area contributed by atoms with Crippen molar-refractivity contribution in [3.05, 3.63) is 71.8 Å². The van der Waals surface area contributed by atoms with Crippen LogP contribution in [-0.2, 0) is 17.8 Å². The van der Waals surface area contributed by atoms with E-state index in [4.69, 9.17) is 0 Å². The van der Waals surface area contributed by atoms with E-state index in [1.165, 1.54) is 10.5 Å². The van der Waals surface area contributed by atoms with Crippen LogP contribution in [0.3, 0.4) is 0 Å². The predicted octanol–water partition coefficient (Wildman–Crippen LogP) is 4.28. The summed E-state index contributed by atoms with van der Waals surface area (Å²) in [6.45, 7) is 4.86. The van der Waals surface area contributed by atoms with Crippen LogP contribution in [0.4, 0.5) is 4.79 Å². The van der Waals surface area contributed by atoms with Crippen molar-refractivity contribution in [3.8, 4) is 0 Å². The maximum Gasteiger partial charge on any atom is 0.328 e. The Morgan fingerprint density at radius 2 is 1.53 bits per heavy atom. The normalized spacial score (nSPS) is 19.7. The number of thioether (sulfide) groups is 1. The summed E-state index contributed by atoms with van der Waals surface area (Å²) in [4.78, 5) is 33.2.